The SMILES string of the molecule is CCCCCCCCCCCCCCC(F)(F)C(=O)OCC(CCCCCC)CCCCCCCC. The molecule has 0 aromatic rings. The van der Waals surface area contributed by atoms with Gasteiger partial charge in [-0.1, -0.05) is 156 Å². The minimum absolute atomic E-state index is 0.161. The molecular formula is C32H62F2O2. The van der Waals surface area contributed by atoms with Gasteiger partial charge in [-0.2, -0.15) is 8.78 Å². The second-order valence-electron chi connectivity index (χ2n) is 11.2. The van der Waals surface area contributed by atoms with E-state index in [-0.39, 0.29) is 18.9 Å². The molecule has 0 heterocycles. The van der Waals surface area contributed by atoms with Gasteiger partial charge in [-0.15, -0.1) is 0 Å². The Balaban J connectivity index is 4.06. The number of esters is 1. The Bertz CT molecular complexity index is 467. The third-order valence-corrected chi connectivity index (χ3v) is 7.52. The predicted octanol–water partition coefficient (Wildman–Crippen LogP) is 11.6. The minimum Gasteiger partial charge on any atom is -0.461 e. The van der Waals surface area contributed by atoms with Gasteiger partial charge in [0.1, 0.15) is 0 Å². The summed E-state index contributed by atoms with van der Waals surface area (Å²) < 4.78 is 33.9. The number of alkyl halides is 2. The molecule has 0 radical (unpaired) electrons. The summed E-state index contributed by atoms with van der Waals surface area (Å²) in [5.74, 6) is -4.42. The molecule has 0 rings (SSSR count). The molecule has 4 heteroatoms. The van der Waals surface area contributed by atoms with Gasteiger partial charge in [0.2, 0.25) is 0 Å². The summed E-state index contributed by atoms with van der Waals surface area (Å²) in [5, 5.41) is 0. The third-order valence-electron chi connectivity index (χ3n) is 7.52. The van der Waals surface area contributed by atoms with E-state index >= 15 is 0 Å². The summed E-state index contributed by atoms with van der Waals surface area (Å²) in [6.07, 6.45) is 27.3. The lowest BCUT2D eigenvalue weighted by Gasteiger charge is -2.20. The molecule has 0 aliphatic heterocycles. The molecule has 0 aliphatic rings. The highest BCUT2D eigenvalue weighted by Gasteiger charge is 2.40. The van der Waals surface area contributed by atoms with E-state index in [0.29, 0.717) is 6.42 Å². The topological polar surface area (TPSA) is 26.3 Å². The third kappa shape index (κ3) is 22.5. The van der Waals surface area contributed by atoms with E-state index in [4.69, 9.17) is 4.74 Å². The molecule has 0 aromatic heterocycles. The van der Waals surface area contributed by atoms with Crippen molar-refractivity contribution in [1.82, 2.24) is 0 Å². The first-order chi connectivity index (χ1) is 17.5. The van der Waals surface area contributed by atoms with Crippen LogP contribution < -0.4 is 0 Å². The van der Waals surface area contributed by atoms with Crippen LogP contribution in [0.1, 0.15) is 181 Å². The maximum absolute atomic E-state index is 14.4. The maximum atomic E-state index is 14.4. The molecule has 1 unspecified atom stereocenters. The largest absolute Gasteiger partial charge is 0.461 e. The molecule has 216 valence electrons. The van der Waals surface area contributed by atoms with Crippen LogP contribution in [0.15, 0.2) is 0 Å². The van der Waals surface area contributed by atoms with Gasteiger partial charge in [-0.25, -0.2) is 4.79 Å². The lowest BCUT2D eigenvalue weighted by molar-refractivity contribution is -0.174. The zero-order valence-electron chi connectivity index (χ0n) is 24.5. The summed E-state index contributed by atoms with van der Waals surface area (Å²) in [4.78, 5) is 12.2. The van der Waals surface area contributed by atoms with Crippen LogP contribution in [-0.4, -0.2) is 18.5 Å². The van der Waals surface area contributed by atoms with Crippen molar-refractivity contribution in [2.75, 3.05) is 6.61 Å². The number of hydrogen-bond donors (Lipinski definition) is 0. The van der Waals surface area contributed by atoms with Gasteiger partial charge >= 0.3 is 11.9 Å². The number of unbranched alkanes of at least 4 members (excludes halogenated alkanes) is 19. The van der Waals surface area contributed by atoms with Crippen LogP contribution in [0.3, 0.4) is 0 Å². The summed E-state index contributed by atoms with van der Waals surface area (Å²) in [6, 6.07) is 0. The van der Waals surface area contributed by atoms with Crippen molar-refractivity contribution in [3.8, 4) is 0 Å². The maximum Gasteiger partial charge on any atom is 0.376 e. The first-order valence-corrected chi connectivity index (χ1v) is 16.0. The predicted molar refractivity (Wildman–Crippen MR) is 152 cm³/mol. The molecule has 0 saturated heterocycles. The Hall–Kier alpha value is -0.670. The molecule has 0 fully saturated rings. The zero-order valence-corrected chi connectivity index (χ0v) is 24.5. The van der Waals surface area contributed by atoms with E-state index in [9.17, 15) is 13.6 Å². The summed E-state index contributed by atoms with van der Waals surface area (Å²) in [7, 11) is 0. The van der Waals surface area contributed by atoms with Crippen LogP contribution in [0, 0.1) is 5.92 Å². The van der Waals surface area contributed by atoms with Crippen molar-refractivity contribution in [3.63, 3.8) is 0 Å². The van der Waals surface area contributed by atoms with Gasteiger partial charge in [0.25, 0.3) is 0 Å². The summed E-state index contributed by atoms with van der Waals surface area (Å²) >= 11 is 0. The number of ether oxygens (including phenoxy) is 1. The minimum atomic E-state index is -3.34. The van der Waals surface area contributed by atoms with Gasteiger partial charge in [-0.3, -0.25) is 0 Å². The average molecular weight is 517 g/mol. The van der Waals surface area contributed by atoms with Crippen molar-refractivity contribution < 1.29 is 18.3 Å². The second-order valence-corrected chi connectivity index (χ2v) is 11.2. The Labute approximate surface area is 224 Å². The summed E-state index contributed by atoms with van der Waals surface area (Å²) in [5.41, 5.74) is 0. The smallest absolute Gasteiger partial charge is 0.376 e. The standard InChI is InChI=1S/C32H62F2O2/c1-4-7-10-13-15-16-17-18-19-20-22-25-28-32(33,34)31(35)36-29-30(26-23-12-9-6-3)27-24-21-14-11-8-5-2/h30H,4-29H2,1-3H3. The quantitative estimate of drug-likeness (QED) is 0.0763. The molecule has 0 aliphatic carbocycles. The summed E-state index contributed by atoms with van der Waals surface area (Å²) in [6.45, 7) is 6.80. The van der Waals surface area contributed by atoms with E-state index in [1.165, 1.54) is 103 Å². The lowest BCUT2D eigenvalue weighted by Crippen LogP contribution is -2.32. The van der Waals surface area contributed by atoms with Crippen LogP contribution in [-0.2, 0) is 9.53 Å². The van der Waals surface area contributed by atoms with Gasteiger partial charge in [0.05, 0.1) is 6.61 Å². The molecule has 0 N–H and O–H groups in total. The van der Waals surface area contributed by atoms with Gasteiger partial charge in [-0.05, 0) is 25.2 Å². The second kappa shape index (κ2) is 26.0. The molecule has 2 nitrogen and oxygen atoms in total. The number of carbonyl (C=O) groups excluding carboxylic acids is 1. The number of hydrogen-bond acceptors (Lipinski definition) is 2. The molecule has 0 saturated carbocycles. The normalized spacial score (nSPS) is 12.7. The highest BCUT2D eigenvalue weighted by atomic mass is 19.3. The van der Waals surface area contributed by atoms with E-state index in [1.807, 2.05) is 0 Å². The van der Waals surface area contributed by atoms with Crippen LogP contribution in [0.5, 0.6) is 0 Å². The molecule has 0 aromatic carbocycles. The molecule has 36 heavy (non-hydrogen) atoms. The van der Waals surface area contributed by atoms with Crippen molar-refractivity contribution in [2.24, 2.45) is 5.92 Å². The van der Waals surface area contributed by atoms with Crippen molar-refractivity contribution in [3.05, 3.63) is 0 Å². The first-order valence-electron chi connectivity index (χ1n) is 16.0. The van der Waals surface area contributed by atoms with E-state index in [2.05, 4.69) is 20.8 Å². The number of halogens is 2. The molecule has 0 bridgehead atoms. The van der Waals surface area contributed by atoms with E-state index in [1.54, 1.807) is 0 Å². The average Bonchev–Trinajstić information content (AvgIpc) is 2.87. The number of rotatable bonds is 28. The fraction of sp³-hybridized carbons (Fsp3) is 0.969. The van der Waals surface area contributed by atoms with E-state index < -0.39 is 11.9 Å². The monoisotopic (exact) mass is 516 g/mol. The van der Waals surface area contributed by atoms with Crippen molar-refractivity contribution in [2.45, 2.75) is 187 Å². The van der Waals surface area contributed by atoms with Crippen molar-refractivity contribution in [1.29, 1.82) is 0 Å². The Kier molecular flexibility index (Phi) is 25.5. The Morgan fingerprint density at radius 1 is 0.556 bits per heavy atom. The molecule has 0 spiro atoms. The van der Waals surface area contributed by atoms with Crippen LogP contribution in [0.4, 0.5) is 8.78 Å². The number of carbonyl (C=O) groups is 1. The fourth-order valence-corrected chi connectivity index (χ4v) is 4.97. The van der Waals surface area contributed by atoms with E-state index in [0.717, 1.165) is 44.9 Å². The molecule has 0 amide bonds. The van der Waals surface area contributed by atoms with Crippen LogP contribution in [0.25, 0.3) is 0 Å². The molecular weight excluding hydrogens is 454 g/mol. The highest BCUT2D eigenvalue weighted by Crippen LogP contribution is 2.26. The van der Waals surface area contributed by atoms with Crippen LogP contribution in [0.2, 0.25) is 0 Å². The lowest BCUT2D eigenvalue weighted by atomic mass is 9.95. The Morgan fingerprint density at radius 2 is 0.889 bits per heavy atom. The fourth-order valence-electron chi connectivity index (χ4n) is 4.97. The zero-order chi connectivity index (χ0) is 26.7. The molecule has 1 atom stereocenters. The Morgan fingerprint density at radius 3 is 1.31 bits per heavy atom. The van der Waals surface area contributed by atoms with Gasteiger partial charge in [0.15, 0.2) is 0 Å². The highest BCUT2D eigenvalue weighted by molar-refractivity contribution is 5.77. The van der Waals surface area contributed by atoms with Crippen LogP contribution >= 0.6 is 0 Å². The van der Waals surface area contributed by atoms with Gasteiger partial charge < -0.3 is 4.74 Å². The van der Waals surface area contributed by atoms with Gasteiger partial charge in [0, 0.05) is 6.42 Å². The van der Waals surface area contributed by atoms with Crippen molar-refractivity contribution >= 4 is 5.97 Å². The first kappa shape index (κ1) is 35.3.